The first-order valence-corrected chi connectivity index (χ1v) is 6.24. The van der Waals surface area contributed by atoms with E-state index >= 15 is 0 Å². The highest BCUT2D eigenvalue weighted by molar-refractivity contribution is 9.10. The van der Waals surface area contributed by atoms with E-state index in [0.29, 0.717) is 16.7 Å². The van der Waals surface area contributed by atoms with Crippen molar-refractivity contribution >= 4 is 15.9 Å². The lowest BCUT2D eigenvalue weighted by Crippen LogP contribution is -2.19. The summed E-state index contributed by atoms with van der Waals surface area (Å²) in [4.78, 5) is 1.42. The molecule has 96 valence electrons. The summed E-state index contributed by atoms with van der Waals surface area (Å²) in [5.74, 6) is 0.378. The Kier molecular flexibility index (Phi) is 4.03. The van der Waals surface area contributed by atoms with Crippen LogP contribution in [0.15, 0.2) is 22.7 Å². The molecule has 0 bridgehead atoms. The number of nitrogens with zero attached hydrogens (tertiary/aromatic N) is 4. The standard InChI is InChI=1S/C11H13BrFN5/c1-14-10(6-11-15-17-18(2)16-11)7-3-4-9(13)8(12)5-7/h3-5,10,14H,6H2,1-2H3. The summed E-state index contributed by atoms with van der Waals surface area (Å²) < 4.78 is 13.6. The fourth-order valence-electron chi connectivity index (χ4n) is 1.70. The normalized spacial score (nSPS) is 12.7. The average Bonchev–Trinajstić information content (AvgIpc) is 2.75. The number of hydrogen-bond acceptors (Lipinski definition) is 4. The molecule has 1 atom stereocenters. The van der Waals surface area contributed by atoms with Crippen LogP contribution >= 0.6 is 15.9 Å². The number of tetrazole rings is 1. The molecular formula is C11H13BrFN5. The molecule has 0 spiro atoms. The molecule has 1 aromatic heterocycles. The highest BCUT2D eigenvalue weighted by Crippen LogP contribution is 2.22. The smallest absolute Gasteiger partial charge is 0.176 e. The van der Waals surface area contributed by atoms with E-state index in [4.69, 9.17) is 0 Å². The molecule has 0 saturated heterocycles. The summed E-state index contributed by atoms with van der Waals surface area (Å²) in [7, 11) is 3.57. The second kappa shape index (κ2) is 5.53. The summed E-state index contributed by atoms with van der Waals surface area (Å²) in [6, 6.07) is 4.96. The maximum atomic E-state index is 13.2. The van der Waals surface area contributed by atoms with Gasteiger partial charge in [-0.25, -0.2) is 4.39 Å². The molecule has 2 aromatic rings. The van der Waals surface area contributed by atoms with Crippen LogP contribution < -0.4 is 5.32 Å². The zero-order valence-electron chi connectivity index (χ0n) is 10.1. The second-order valence-electron chi connectivity index (χ2n) is 3.91. The number of benzene rings is 1. The Hall–Kier alpha value is -1.34. The number of nitrogens with one attached hydrogen (secondary N) is 1. The van der Waals surface area contributed by atoms with Gasteiger partial charge in [0.1, 0.15) is 5.82 Å². The van der Waals surface area contributed by atoms with E-state index < -0.39 is 0 Å². The fraction of sp³-hybridized carbons (Fsp3) is 0.364. The summed E-state index contributed by atoms with van der Waals surface area (Å²) in [5.41, 5.74) is 0.971. The predicted molar refractivity (Wildman–Crippen MR) is 68.4 cm³/mol. The van der Waals surface area contributed by atoms with Crippen molar-refractivity contribution < 1.29 is 4.39 Å². The second-order valence-corrected chi connectivity index (χ2v) is 4.77. The molecule has 7 heteroatoms. The summed E-state index contributed by atoms with van der Waals surface area (Å²) >= 11 is 3.18. The zero-order valence-corrected chi connectivity index (χ0v) is 11.6. The number of rotatable bonds is 4. The van der Waals surface area contributed by atoms with E-state index in [2.05, 4.69) is 36.7 Å². The quantitative estimate of drug-likeness (QED) is 0.932. The molecule has 0 radical (unpaired) electrons. The minimum atomic E-state index is -0.272. The van der Waals surface area contributed by atoms with Crippen molar-refractivity contribution in [2.75, 3.05) is 7.05 Å². The molecule has 1 aromatic carbocycles. The average molecular weight is 314 g/mol. The third kappa shape index (κ3) is 2.91. The topological polar surface area (TPSA) is 55.6 Å². The Morgan fingerprint density at radius 1 is 1.50 bits per heavy atom. The molecule has 0 aliphatic rings. The van der Waals surface area contributed by atoms with Gasteiger partial charge in [0.05, 0.1) is 11.5 Å². The molecule has 1 heterocycles. The van der Waals surface area contributed by atoms with Gasteiger partial charge in [-0.15, -0.1) is 10.2 Å². The monoisotopic (exact) mass is 313 g/mol. The molecule has 2 rings (SSSR count). The third-order valence-corrected chi connectivity index (χ3v) is 3.24. The molecule has 1 N–H and O–H groups in total. The summed E-state index contributed by atoms with van der Waals surface area (Å²) in [6.45, 7) is 0. The maximum Gasteiger partial charge on any atom is 0.176 e. The number of aryl methyl sites for hydroxylation is 1. The van der Waals surface area contributed by atoms with E-state index in [9.17, 15) is 4.39 Å². The van der Waals surface area contributed by atoms with E-state index in [1.54, 1.807) is 19.2 Å². The number of aromatic nitrogens is 4. The van der Waals surface area contributed by atoms with Gasteiger partial charge in [0.15, 0.2) is 5.82 Å². The first-order chi connectivity index (χ1) is 8.60. The Morgan fingerprint density at radius 3 is 2.83 bits per heavy atom. The van der Waals surface area contributed by atoms with E-state index in [1.165, 1.54) is 10.9 Å². The highest BCUT2D eigenvalue weighted by Gasteiger charge is 2.14. The van der Waals surface area contributed by atoms with Crippen molar-refractivity contribution in [3.8, 4) is 0 Å². The molecule has 0 amide bonds. The fourth-order valence-corrected chi connectivity index (χ4v) is 2.10. The molecule has 5 nitrogen and oxygen atoms in total. The molecule has 0 saturated carbocycles. The van der Waals surface area contributed by atoms with Gasteiger partial charge in [-0.2, -0.15) is 4.80 Å². The molecular weight excluding hydrogens is 301 g/mol. The van der Waals surface area contributed by atoms with Crippen molar-refractivity contribution in [1.82, 2.24) is 25.5 Å². The largest absolute Gasteiger partial charge is 0.313 e. The van der Waals surface area contributed by atoms with Crippen molar-refractivity contribution in [3.05, 3.63) is 39.9 Å². The van der Waals surface area contributed by atoms with Crippen LogP contribution in [-0.4, -0.2) is 27.3 Å². The lowest BCUT2D eigenvalue weighted by molar-refractivity contribution is 0.565. The highest BCUT2D eigenvalue weighted by atomic mass is 79.9. The van der Waals surface area contributed by atoms with Crippen LogP contribution in [0.5, 0.6) is 0 Å². The lowest BCUT2D eigenvalue weighted by atomic mass is 10.0. The van der Waals surface area contributed by atoms with Gasteiger partial charge in [0.2, 0.25) is 0 Å². The van der Waals surface area contributed by atoms with Gasteiger partial charge in [0.25, 0.3) is 0 Å². The van der Waals surface area contributed by atoms with Crippen LogP contribution in [0.1, 0.15) is 17.4 Å². The van der Waals surface area contributed by atoms with Gasteiger partial charge in [0, 0.05) is 12.5 Å². The number of likely N-dealkylation sites (N-methyl/N-ethyl adjacent to an activating group) is 1. The number of halogens is 2. The van der Waals surface area contributed by atoms with Gasteiger partial charge >= 0.3 is 0 Å². The van der Waals surface area contributed by atoms with Crippen molar-refractivity contribution in [2.45, 2.75) is 12.5 Å². The van der Waals surface area contributed by atoms with Gasteiger partial charge < -0.3 is 5.32 Å². The number of hydrogen-bond donors (Lipinski definition) is 1. The van der Waals surface area contributed by atoms with Crippen molar-refractivity contribution in [2.24, 2.45) is 7.05 Å². The van der Waals surface area contributed by atoms with E-state index in [0.717, 1.165) is 5.56 Å². The molecule has 0 aliphatic heterocycles. The lowest BCUT2D eigenvalue weighted by Gasteiger charge is -2.15. The van der Waals surface area contributed by atoms with Gasteiger partial charge in [-0.1, -0.05) is 6.07 Å². The van der Waals surface area contributed by atoms with E-state index in [1.807, 2.05) is 7.05 Å². The Bertz CT molecular complexity index is 542. The van der Waals surface area contributed by atoms with Crippen LogP contribution in [0.2, 0.25) is 0 Å². The SMILES string of the molecule is CNC(Cc1nnn(C)n1)c1ccc(F)c(Br)c1. The first-order valence-electron chi connectivity index (χ1n) is 5.45. The maximum absolute atomic E-state index is 13.2. The Morgan fingerprint density at radius 2 is 2.28 bits per heavy atom. The molecule has 1 unspecified atom stereocenters. The van der Waals surface area contributed by atoms with Crippen LogP contribution in [0.25, 0.3) is 0 Å². The summed E-state index contributed by atoms with van der Waals surface area (Å²) in [6.07, 6.45) is 0.600. The molecule has 0 aliphatic carbocycles. The zero-order chi connectivity index (χ0) is 13.1. The van der Waals surface area contributed by atoms with Gasteiger partial charge in [-0.3, -0.25) is 0 Å². The van der Waals surface area contributed by atoms with Crippen LogP contribution in [-0.2, 0) is 13.5 Å². The minimum Gasteiger partial charge on any atom is -0.313 e. The molecule has 18 heavy (non-hydrogen) atoms. The minimum absolute atomic E-state index is 0.0195. The van der Waals surface area contributed by atoms with Crippen LogP contribution in [0.4, 0.5) is 4.39 Å². The summed E-state index contributed by atoms with van der Waals surface area (Å²) in [5, 5.41) is 15.0. The predicted octanol–water partition coefficient (Wildman–Crippen LogP) is 1.61. The van der Waals surface area contributed by atoms with Gasteiger partial charge in [-0.05, 0) is 45.9 Å². The Balaban J connectivity index is 2.19. The van der Waals surface area contributed by atoms with Crippen LogP contribution in [0.3, 0.4) is 0 Å². The van der Waals surface area contributed by atoms with Crippen molar-refractivity contribution in [3.63, 3.8) is 0 Å². The first kappa shape index (κ1) is 13.1. The van der Waals surface area contributed by atoms with E-state index in [-0.39, 0.29) is 11.9 Å². The third-order valence-electron chi connectivity index (χ3n) is 2.63. The molecule has 0 fully saturated rings. The van der Waals surface area contributed by atoms with Crippen molar-refractivity contribution in [1.29, 1.82) is 0 Å². The Labute approximate surface area is 113 Å². The van der Waals surface area contributed by atoms with Crippen LogP contribution in [0, 0.1) is 5.82 Å².